The Hall–Kier alpha value is -2.82. The van der Waals surface area contributed by atoms with Gasteiger partial charge in [0.1, 0.15) is 10.6 Å². The summed E-state index contributed by atoms with van der Waals surface area (Å²) in [6, 6.07) is 9.46. The fourth-order valence-electron chi connectivity index (χ4n) is 3.28. The van der Waals surface area contributed by atoms with Crippen LogP contribution in [0, 0.1) is 0 Å². The van der Waals surface area contributed by atoms with Gasteiger partial charge in [0.05, 0.1) is 34.5 Å². The fraction of sp³-hybridized carbons (Fsp3) is 0.381. The van der Waals surface area contributed by atoms with Gasteiger partial charge in [0.15, 0.2) is 11.5 Å². The van der Waals surface area contributed by atoms with Gasteiger partial charge in [-0.05, 0) is 30.3 Å². The van der Waals surface area contributed by atoms with Gasteiger partial charge in [-0.2, -0.15) is 4.31 Å². The molecule has 0 spiro atoms. The van der Waals surface area contributed by atoms with Crippen LogP contribution < -0.4 is 19.1 Å². The van der Waals surface area contributed by atoms with Crippen molar-refractivity contribution in [3.05, 3.63) is 42.0 Å². The van der Waals surface area contributed by atoms with Crippen molar-refractivity contribution in [1.82, 2.24) is 4.31 Å². The van der Waals surface area contributed by atoms with Crippen LogP contribution in [0.3, 0.4) is 0 Å². The summed E-state index contributed by atoms with van der Waals surface area (Å²) in [7, 11) is 2.18. The van der Waals surface area contributed by atoms with Gasteiger partial charge in [0.25, 0.3) is 5.91 Å². The van der Waals surface area contributed by atoms with Gasteiger partial charge in [-0.25, -0.2) is 8.42 Å². The number of amides is 1. The number of hydrogen-bond acceptors (Lipinski definition) is 7. The largest absolute Gasteiger partial charge is 0.495 e. The molecule has 0 N–H and O–H groups in total. The summed E-state index contributed by atoms with van der Waals surface area (Å²) < 4.78 is 48.7. The van der Waals surface area contributed by atoms with Gasteiger partial charge in [-0.15, -0.1) is 0 Å². The van der Waals surface area contributed by atoms with Crippen LogP contribution in [-0.4, -0.2) is 73.3 Å². The molecule has 2 aromatic rings. The molecule has 1 amide bonds. The summed E-state index contributed by atoms with van der Waals surface area (Å²) in [6.45, 7) is 1.13. The first-order valence-electron chi connectivity index (χ1n) is 9.59. The lowest BCUT2D eigenvalue weighted by Crippen LogP contribution is -2.40. The maximum absolute atomic E-state index is 13.2. The molecule has 1 heterocycles. The lowest BCUT2D eigenvalue weighted by molar-refractivity contribution is 0.0729. The van der Waals surface area contributed by atoms with Gasteiger partial charge < -0.3 is 23.8 Å². The van der Waals surface area contributed by atoms with Gasteiger partial charge >= 0.3 is 0 Å². The molecule has 10 heteroatoms. The highest BCUT2D eigenvalue weighted by Crippen LogP contribution is 2.33. The average Bonchev–Trinajstić information content (AvgIpc) is 2.82. The van der Waals surface area contributed by atoms with E-state index in [4.69, 9.17) is 18.9 Å². The van der Waals surface area contributed by atoms with E-state index in [1.807, 2.05) is 0 Å². The Morgan fingerprint density at radius 2 is 1.55 bits per heavy atom. The Morgan fingerprint density at radius 3 is 2.16 bits per heavy atom. The van der Waals surface area contributed by atoms with Crippen LogP contribution in [0.2, 0.25) is 0 Å². The fourth-order valence-corrected chi connectivity index (χ4v) is 4.87. The Balaban J connectivity index is 1.96. The van der Waals surface area contributed by atoms with E-state index in [0.717, 1.165) is 0 Å². The summed E-state index contributed by atoms with van der Waals surface area (Å²) in [4.78, 5) is 14.5. The van der Waals surface area contributed by atoms with Crippen molar-refractivity contribution in [2.45, 2.75) is 4.90 Å². The third-order valence-corrected chi connectivity index (χ3v) is 6.98. The summed E-state index contributed by atoms with van der Waals surface area (Å²) in [5.41, 5.74) is 0.779. The maximum atomic E-state index is 13.2. The molecule has 31 heavy (non-hydrogen) atoms. The number of morpholine rings is 1. The zero-order valence-electron chi connectivity index (χ0n) is 18.0. The van der Waals surface area contributed by atoms with E-state index < -0.39 is 10.0 Å². The number of nitrogens with zero attached hydrogens (tertiary/aromatic N) is 2. The number of rotatable bonds is 7. The smallest absolute Gasteiger partial charge is 0.258 e. The predicted molar refractivity (Wildman–Crippen MR) is 115 cm³/mol. The highest BCUT2D eigenvalue weighted by Gasteiger charge is 2.30. The van der Waals surface area contributed by atoms with Crippen LogP contribution in [-0.2, 0) is 14.8 Å². The van der Waals surface area contributed by atoms with Crippen molar-refractivity contribution in [3.63, 3.8) is 0 Å². The topological polar surface area (TPSA) is 94.6 Å². The van der Waals surface area contributed by atoms with Crippen molar-refractivity contribution >= 4 is 21.6 Å². The second-order valence-electron chi connectivity index (χ2n) is 6.79. The molecule has 0 unspecified atom stereocenters. The van der Waals surface area contributed by atoms with Crippen molar-refractivity contribution < 1.29 is 32.2 Å². The summed E-state index contributed by atoms with van der Waals surface area (Å²) in [5, 5.41) is 0. The predicted octanol–water partition coefficient (Wildman–Crippen LogP) is 2.01. The standard InChI is InChI=1S/C21H26N2O7S/c1-22(16-6-8-17(27-2)19(14-16)29-4)21(24)15-5-7-18(28-3)20(13-15)31(25,26)23-9-11-30-12-10-23/h5-8,13-14H,9-12H2,1-4H3. The Bertz CT molecular complexity index is 1050. The Morgan fingerprint density at radius 1 is 0.935 bits per heavy atom. The third kappa shape index (κ3) is 4.60. The minimum absolute atomic E-state index is 0.0524. The molecule has 2 aromatic carbocycles. The van der Waals surface area contributed by atoms with Crippen LogP contribution in [0.5, 0.6) is 17.2 Å². The molecule has 0 atom stereocenters. The van der Waals surface area contributed by atoms with E-state index in [-0.39, 0.29) is 35.2 Å². The molecule has 168 valence electrons. The number of benzene rings is 2. The van der Waals surface area contributed by atoms with E-state index in [1.54, 1.807) is 25.2 Å². The number of anilines is 1. The summed E-state index contributed by atoms with van der Waals surface area (Å²) >= 11 is 0. The van der Waals surface area contributed by atoms with Crippen LogP contribution in [0.15, 0.2) is 41.3 Å². The molecule has 0 saturated carbocycles. The van der Waals surface area contributed by atoms with Crippen LogP contribution in [0.1, 0.15) is 10.4 Å². The molecule has 1 aliphatic rings. The molecule has 0 bridgehead atoms. The van der Waals surface area contributed by atoms with Gasteiger partial charge in [0, 0.05) is 37.5 Å². The number of carbonyl (C=O) groups is 1. The van der Waals surface area contributed by atoms with Crippen LogP contribution >= 0.6 is 0 Å². The molecule has 1 saturated heterocycles. The van der Waals surface area contributed by atoms with E-state index in [2.05, 4.69) is 0 Å². The van der Waals surface area contributed by atoms with Crippen LogP contribution in [0.4, 0.5) is 5.69 Å². The normalized spacial score (nSPS) is 14.7. The van der Waals surface area contributed by atoms with Gasteiger partial charge in [0.2, 0.25) is 10.0 Å². The third-order valence-electron chi connectivity index (χ3n) is 5.06. The van der Waals surface area contributed by atoms with E-state index in [1.165, 1.54) is 48.7 Å². The lowest BCUT2D eigenvalue weighted by Gasteiger charge is -2.27. The summed E-state index contributed by atoms with van der Waals surface area (Å²) in [6.07, 6.45) is 0. The monoisotopic (exact) mass is 450 g/mol. The SMILES string of the molecule is COc1ccc(N(C)C(=O)c2ccc(OC)c(S(=O)(=O)N3CCOCC3)c2)cc1OC. The number of carbonyl (C=O) groups excluding carboxylic acids is 1. The second kappa shape index (κ2) is 9.54. The molecule has 0 aliphatic carbocycles. The molecule has 1 fully saturated rings. The minimum Gasteiger partial charge on any atom is -0.495 e. The first-order chi connectivity index (χ1) is 14.8. The van der Waals surface area contributed by atoms with Gasteiger partial charge in [-0.1, -0.05) is 0 Å². The van der Waals surface area contributed by atoms with Crippen molar-refractivity contribution in [3.8, 4) is 17.2 Å². The molecular formula is C21H26N2O7S. The summed E-state index contributed by atoms with van der Waals surface area (Å²) in [5.74, 6) is 0.811. The van der Waals surface area contributed by atoms with Crippen LogP contribution in [0.25, 0.3) is 0 Å². The maximum Gasteiger partial charge on any atom is 0.258 e. The molecular weight excluding hydrogens is 424 g/mol. The highest BCUT2D eigenvalue weighted by atomic mass is 32.2. The van der Waals surface area contributed by atoms with E-state index >= 15 is 0 Å². The number of methoxy groups -OCH3 is 3. The quantitative estimate of drug-likeness (QED) is 0.637. The molecule has 9 nitrogen and oxygen atoms in total. The molecule has 1 aliphatic heterocycles. The number of sulfonamides is 1. The van der Waals surface area contributed by atoms with Gasteiger partial charge in [-0.3, -0.25) is 4.79 Å². The molecule has 0 radical (unpaired) electrons. The average molecular weight is 451 g/mol. The number of hydrogen-bond donors (Lipinski definition) is 0. The van der Waals surface area contributed by atoms with Crippen molar-refractivity contribution in [1.29, 1.82) is 0 Å². The van der Waals surface area contributed by atoms with E-state index in [0.29, 0.717) is 30.4 Å². The van der Waals surface area contributed by atoms with Crippen molar-refractivity contribution in [2.75, 3.05) is 59.6 Å². The van der Waals surface area contributed by atoms with Crippen molar-refractivity contribution in [2.24, 2.45) is 0 Å². The second-order valence-corrected chi connectivity index (χ2v) is 8.69. The minimum atomic E-state index is -3.85. The molecule has 0 aromatic heterocycles. The molecule has 3 rings (SSSR count). The zero-order chi connectivity index (χ0) is 22.6. The highest BCUT2D eigenvalue weighted by molar-refractivity contribution is 7.89. The Labute approximate surface area is 182 Å². The zero-order valence-corrected chi connectivity index (χ0v) is 18.8. The lowest BCUT2D eigenvalue weighted by atomic mass is 10.1. The Kier molecular flexibility index (Phi) is 7.04. The first-order valence-corrected chi connectivity index (χ1v) is 11.0. The first kappa shape index (κ1) is 22.9. The number of ether oxygens (including phenoxy) is 4. The van der Waals surface area contributed by atoms with E-state index in [9.17, 15) is 13.2 Å².